The minimum absolute atomic E-state index is 0.0865. The number of rotatable bonds is 5. The number of likely N-dealkylation sites (tertiary alicyclic amines) is 1. The van der Waals surface area contributed by atoms with E-state index in [-0.39, 0.29) is 35.9 Å². The van der Waals surface area contributed by atoms with Gasteiger partial charge >= 0.3 is 5.97 Å². The van der Waals surface area contributed by atoms with Gasteiger partial charge in [-0.2, -0.15) is 5.10 Å². The number of hydrogen-bond donors (Lipinski definition) is 1. The Balaban J connectivity index is 1.48. The third-order valence-electron chi connectivity index (χ3n) is 4.47. The Labute approximate surface area is 151 Å². The molecule has 2 amide bonds. The van der Waals surface area contributed by atoms with Crippen molar-refractivity contribution in [2.45, 2.75) is 19.8 Å². The average molecular weight is 358 g/mol. The first-order chi connectivity index (χ1) is 12.6. The van der Waals surface area contributed by atoms with Crippen LogP contribution in [0.4, 0.5) is 0 Å². The van der Waals surface area contributed by atoms with E-state index in [0.29, 0.717) is 32.5 Å². The van der Waals surface area contributed by atoms with Crippen molar-refractivity contribution in [1.82, 2.24) is 19.8 Å². The molecule has 1 N–H and O–H groups in total. The molecule has 138 valence electrons. The zero-order chi connectivity index (χ0) is 18.5. The Bertz CT molecular complexity index is 775. The lowest BCUT2D eigenvalue weighted by Gasteiger charge is -2.30. The van der Waals surface area contributed by atoms with Crippen molar-refractivity contribution in [1.29, 1.82) is 0 Å². The fourth-order valence-electron chi connectivity index (χ4n) is 3.03. The van der Waals surface area contributed by atoms with Gasteiger partial charge in [0, 0.05) is 19.3 Å². The largest absolute Gasteiger partial charge is 0.466 e. The predicted octanol–water partition coefficient (Wildman–Crippen LogP) is 0.866. The third-order valence-corrected chi connectivity index (χ3v) is 4.47. The molecule has 8 nitrogen and oxygen atoms in total. The molecule has 0 unspecified atom stereocenters. The van der Waals surface area contributed by atoms with E-state index in [1.807, 2.05) is 18.2 Å². The number of hydrogen-bond acceptors (Lipinski definition) is 5. The van der Waals surface area contributed by atoms with Gasteiger partial charge in [0.15, 0.2) is 5.69 Å². The van der Waals surface area contributed by atoms with Gasteiger partial charge < -0.3 is 15.0 Å². The summed E-state index contributed by atoms with van der Waals surface area (Å²) < 4.78 is 6.63. The monoisotopic (exact) mass is 358 g/mol. The Morgan fingerprint density at radius 1 is 1.27 bits per heavy atom. The summed E-state index contributed by atoms with van der Waals surface area (Å²) in [5.41, 5.74) is 1.08. The molecule has 2 aromatic heterocycles. The summed E-state index contributed by atoms with van der Waals surface area (Å²) in [5, 5.41) is 6.79. The number of nitrogens with one attached hydrogen (secondary N) is 1. The van der Waals surface area contributed by atoms with Crippen LogP contribution in [0.1, 0.15) is 30.3 Å². The number of nitrogens with zero attached hydrogens (tertiary/aromatic N) is 3. The molecule has 0 aliphatic carbocycles. The highest BCUT2D eigenvalue weighted by molar-refractivity contribution is 5.95. The number of fused-ring (bicyclic) bond motifs is 1. The van der Waals surface area contributed by atoms with Crippen LogP contribution in [0.5, 0.6) is 0 Å². The molecule has 3 rings (SSSR count). The molecule has 0 spiro atoms. The number of amides is 2. The van der Waals surface area contributed by atoms with E-state index in [2.05, 4.69) is 10.4 Å². The zero-order valence-electron chi connectivity index (χ0n) is 14.7. The van der Waals surface area contributed by atoms with Crippen LogP contribution in [-0.2, 0) is 14.3 Å². The molecule has 3 heterocycles. The maximum absolute atomic E-state index is 12.3. The Morgan fingerprint density at radius 2 is 2.04 bits per heavy atom. The van der Waals surface area contributed by atoms with Gasteiger partial charge in [-0.15, -0.1) is 0 Å². The molecule has 0 radical (unpaired) electrons. The molecule has 2 aromatic rings. The van der Waals surface area contributed by atoms with E-state index in [4.69, 9.17) is 4.74 Å². The molecular weight excluding hydrogens is 336 g/mol. The molecular formula is C18H22N4O4. The van der Waals surface area contributed by atoms with Gasteiger partial charge in [0.05, 0.1) is 24.6 Å². The second-order valence-corrected chi connectivity index (χ2v) is 6.19. The number of esters is 1. The van der Waals surface area contributed by atoms with E-state index < -0.39 is 0 Å². The van der Waals surface area contributed by atoms with Gasteiger partial charge in [-0.1, -0.05) is 6.07 Å². The van der Waals surface area contributed by atoms with Gasteiger partial charge in [-0.3, -0.25) is 14.4 Å². The number of pyridine rings is 1. The highest BCUT2D eigenvalue weighted by Crippen LogP contribution is 2.18. The molecule has 0 saturated carbocycles. The summed E-state index contributed by atoms with van der Waals surface area (Å²) >= 11 is 0. The summed E-state index contributed by atoms with van der Waals surface area (Å²) in [6, 6.07) is 7.21. The summed E-state index contributed by atoms with van der Waals surface area (Å²) in [7, 11) is 0. The second-order valence-electron chi connectivity index (χ2n) is 6.19. The summed E-state index contributed by atoms with van der Waals surface area (Å²) in [5.74, 6) is -0.890. The lowest BCUT2D eigenvalue weighted by atomic mass is 9.97. The lowest BCUT2D eigenvalue weighted by Crippen LogP contribution is -2.45. The van der Waals surface area contributed by atoms with Gasteiger partial charge in [0.2, 0.25) is 5.91 Å². The van der Waals surface area contributed by atoms with E-state index in [1.54, 1.807) is 28.6 Å². The normalized spacial score (nSPS) is 15.0. The second kappa shape index (κ2) is 7.99. The highest BCUT2D eigenvalue weighted by Gasteiger charge is 2.28. The predicted molar refractivity (Wildman–Crippen MR) is 93.5 cm³/mol. The average Bonchev–Trinajstić information content (AvgIpc) is 3.10. The number of aromatic nitrogens is 2. The standard InChI is InChI=1S/C18H22N4O4/c1-2-26-18(25)13-6-9-21(10-7-13)16(23)12-19-17(24)15-11-14-5-3-4-8-22(14)20-15/h3-5,8,11,13H,2,6-7,9-10,12H2,1H3,(H,19,24). The van der Waals surface area contributed by atoms with E-state index >= 15 is 0 Å². The third kappa shape index (κ3) is 4.01. The van der Waals surface area contributed by atoms with Crippen LogP contribution in [0.25, 0.3) is 5.52 Å². The maximum atomic E-state index is 12.3. The zero-order valence-corrected chi connectivity index (χ0v) is 14.7. The molecule has 8 heteroatoms. The Morgan fingerprint density at radius 3 is 2.73 bits per heavy atom. The van der Waals surface area contributed by atoms with E-state index in [0.717, 1.165) is 5.52 Å². The molecule has 0 bridgehead atoms. The first-order valence-corrected chi connectivity index (χ1v) is 8.75. The molecule has 0 aromatic carbocycles. The first kappa shape index (κ1) is 17.9. The smallest absolute Gasteiger partial charge is 0.309 e. The van der Waals surface area contributed by atoms with Crippen LogP contribution in [0.2, 0.25) is 0 Å². The van der Waals surface area contributed by atoms with Crippen molar-refractivity contribution in [2.24, 2.45) is 5.92 Å². The van der Waals surface area contributed by atoms with E-state index in [1.165, 1.54) is 0 Å². The molecule has 1 aliphatic heterocycles. The molecule has 0 atom stereocenters. The van der Waals surface area contributed by atoms with Crippen molar-refractivity contribution in [3.8, 4) is 0 Å². The highest BCUT2D eigenvalue weighted by atomic mass is 16.5. The van der Waals surface area contributed by atoms with Crippen LogP contribution in [0.3, 0.4) is 0 Å². The SMILES string of the molecule is CCOC(=O)C1CCN(C(=O)CNC(=O)c2cc3ccccn3n2)CC1. The number of carbonyl (C=O) groups excluding carboxylic acids is 3. The number of piperidine rings is 1. The summed E-state index contributed by atoms with van der Waals surface area (Å²) in [6.45, 7) is 3.05. The van der Waals surface area contributed by atoms with Crippen LogP contribution >= 0.6 is 0 Å². The Hall–Kier alpha value is -2.90. The topological polar surface area (TPSA) is 93.0 Å². The van der Waals surface area contributed by atoms with Gasteiger partial charge in [0.1, 0.15) is 0 Å². The lowest BCUT2D eigenvalue weighted by molar-refractivity contribution is -0.151. The van der Waals surface area contributed by atoms with Crippen molar-refractivity contribution >= 4 is 23.3 Å². The minimum Gasteiger partial charge on any atom is -0.466 e. The van der Waals surface area contributed by atoms with Crippen LogP contribution < -0.4 is 5.32 Å². The molecule has 1 aliphatic rings. The van der Waals surface area contributed by atoms with Crippen molar-refractivity contribution in [2.75, 3.05) is 26.2 Å². The van der Waals surface area contributed by atoms with Gasteiger partial charge in [-0.25, -0.2) is 4.52 Å². The van der Waals surface area contributed by atoms with Gasteiger partial charge in [-0.05, 0) is 38.0 Å². The Kier molecular flexibility index (Phi) is 5.50. The summed E-state index contributed by atoms with van der Waals surface area (Å²) in [6.07, 6.45) is 2.93. The van der Waals surface area contributed by atoms with E-state index in [9.17, 15) is 14.4 Å². The minimum atomic E-state index is -0.386. The number of ether oxygens (including phenoxy) is 1. The quantitative estimate of drug-likeness (QED) is 0.801. The van der Waals surface area contributed by atoms with Gasteiger partial charge in [0.25, 0.3) is 5.91 Å². The maximum Gasteiger partial charge on any atom is 0.309 e. The van der Waals surface area contributed by atoms with Crippen molar-refractivity contribution in [3.05, 3.63) is 36.2 Å². The fourth-order valence-corrected chi connectivity index (χ4v) is 3.03. The summed E-state index contributed by atoms with van der Waals surface area (Å²) in [4.78, 5) is 37.9. The van der Waals surface area contributed by atoms with Crippen LogP contribution in [0, 0.1) is 5.92 Å². The molecule has 1 fully saturated rings. The van der Waals surface area contributed by atoms with Crippen molar-refractivity contribution in [3.63, 3.8) is 0 Å². The van der Waals surface area contributed by atoms with Crippen LogP contribution in [-0.4, -0.2) is 58.5 Å². The van der Waals surface area contributed by atoms with Crippen molar-refractivity contribution < 1.29 is 19.1 Å². The number of carbonyl (C=O) groups is 3. The first-order valence-electron chi connectivity index (χ1n) is 8.75. The molecule has 1 saturated heterocycles. The molecule has 26 heavy (non-hydrogen) atoms. The van der Waals surface area contributed by atoms with Crippen LogP contribution in [0.15, 0.2) is 30.5 Å². The fraction of sp³-hybridized carbons (Fsp3) is 0.444.